The van der Waals surface area contributed by atoms with Crippen molar-refractivity contribution in [3.63, 3.8) is 0 Å². The van der Waals surface area contributed by atoms with Gasteiger partial charge in [-0.05, 0) is 12.8 Å². The molecule has 12 nitrogen and oxygen atoms in total. The number of rotatable bonds is 9. The second-order valence-electron chi connectivity index (χ2n) is 7.64. The van der Waals surface area contributed by atoms with Crippen LogP contribution in [0.25, 0.3) is 0 Å². The Hall–Kier alpha value is -3.12. The molecule has 1 aromatic carbocycles. The largest absolute Gasteiger partial charge is 0.387 e. The summed E-state index contributed by atoms with van der Waals surface area (Å²) >= 11 is 0. The Morgan fingerprint density at radius 3 is 1.93 bits per heavy atom. The van der Waals surface area contributed by atoms with Crippen LogP contribution in [-0.2, 0) is 4.79 Å². The summed E-state index contributed by atoms with van der Waals surface area (Å²) < 4.78 is -0.0438. The molecule has 160 valence electrons. The molecule has 0 aromatic heterocycles. The third-order valence-electron chi connectivity index (χ3n) is 3.96. The minimum Gasteiger partial charge on any atom is -0.387 e. The van der Waals surface area contributed by atoms with Gasteiger partial charge in [0.1, 0.15) is 18.7 Å². The first-order valence-corrected chi connectivity index (χ1v) is 8.81. The second-order valence-corrected chi connectivity index (χ2v) is 7.64. The zero-order valence-electron chi connectivity index (χ0n) is 16.9. The molecule has 0 heterocycles. The quantitative estimate of drug-likeness (QED) is 0.306. The van der Waals surface area contributed by atoms with Crippen molar-refractivity contribution >= 4 is 23.2 Å². The summed E-state index contributed by atoms with van der Waals surface area (Å²) in [6.07, 6.45) is -0.678. The van der Waals surface area contributed by atoms with Crippen molar-refractivity contribution in [2.75, 3.05) is 20.6 Å². The molecule has 0 saturated carbocycles. The van der Waals surface area contributed by atoms with Crippen LogP contribution >= 0.6 is 0 Å². The fourth-order valence-electron chi connectivity index (χ4n) is 2.77. The third kappa shape index (κ3) is 7.08. The van der Waals surface area contributed by atoms with E-state index in [0.717, 1.165) is 18.2 Å². The van der Waals surface area contributed by atoms with Crippen LogP contribution in [0.2, 0.25) is 0 Å². The number of aliphatic hydroxyl groups excluding tert-OH is 1. The first-order chi connectivity index (χ1) is 13.2. The predicted octanol–water partition coefficient (Wildman–Crippen LogP) is 0.746. The molecule has 1 rings (SSSR count). The lowest BCUT2D eigenvalue weighted by atomic mass is 10.0. The summed E-state index contributed by atoms with van der Waals surface area (Å²) in [5, 5.41) is 34.0. The van der Waals surface area contributed by atoms with Crippen LogP contribution in [0.4, 0.5) is 11.4 Å². The van der Waals surface area contributed by atoms with Gasteiger partial charge >= 0.3 is 0 Å². The number of non-ortho nitro benzene ring substituents is 2. The predicted molar refractivity (Wildman–Crippen MR) is 103 cm³/mol. The van der Waals surface area contributed by atoms with Crippen molar-refractivity contribution in [3.8, 4) is 0 Å². The minimum atomic E-state index is -1.01. The number of nitro benzene ring substituents is 2. The van der Waals surface area contributed by atoms with Gasteiger partial charge < -0.3 is 10.4 Å². The van der Waals surface area contributed by atoms with Crippen molar-refractivity contribution in [1.29, 1.82) is 0 Å². The maximum absolute atomic E-state index is 12.7. The molecule has 0 aliphatic rings. The van der Waals surface area contributed by atoms with Gasteiger partial charge in [-0.3, -0.25) is 29.8 Å². The Labute approximate surface area is 167 Å². The number of carbonyl (C=O) groups excluding carboxylic acids is 2. The molecule has 2 amide bonds. The molecule has 1 aromatic rings. The summed E-state index contributed by atoms with van der Waals surface area (Å²) in [5.74, 6) is -1.73. The first-order valence-electron chi connectivity index (χ1n) is 8.81. The van der Waals surface area contributed by atoms with E-state index in [1.54, 1.807) is 34.9 Å². The number of likely N-dealkylation sites (N-methyl/N-ethyl adjacent to an activating group) is 1. The highest BCUT2D eigenvalue weighted by Crippen LogP contribution is 2.23. The van der Waals surface area contributed by atoms with Crippen LogP contribution in [0.1, 0.15) is 31.1 Å². The summed E-state index contributed by atoms with van der Waals surface area (Å²) in [4.78, 5) is 45.6. The van der Waals surface area contributed by atoms with Gasteiger partial charge in [-0.15, -0.1) is 0 Å². The first kappa shape index (κ1) is 23.9. The highest BCUT2D eigenvalue weighted by Gasteiger charge is 2.31. The third-order valence-corrected chi connectivity index (χ3v) is 3.96. The van der Waals surface area contributed by atoms with Gasteiger partial charge in [-0.2, -0.15) is 0 Å². The number of benzene rings is 1. The van der Waals surface area contributed by atoms with E-state index in [9.17, 15) is 34.9 Å². The van der Waals surface area contributed by atoms with Gasteiger partial charge in [0.2, 0.25) is 0 Å². The Bertz CT molecular complexity index is 775. The molecule has 1 unspecified atom stereocenters. The number of hydrogen-bond acceptors (Lipinski definition) is 7. The Kier molecular flexibility index (Phi) is 7.74. The minimum absolute atomic E-state index is 0.0438. The number of aliphatic hydroxyl groups is 1. The van der Waals surface area contributed by atoms with Crippen LogP contribution in [0.15, 0.2) is 18.2 Å². The zero-order chi connectivity index (χ0) is 22.5. The molecule has 2 atom stereocenters. The summed E-state index contributed by atoms with van der Waals surface area (Å²) in [6, 6.07) is 1.56. The Morgan fingerprint density at radius 1 is 1.07 bits per heavy atom. The smallest absolute Gasteiger partial charge is 0.287 e. The number of hydrogen-bond donors (Lipinski definition) is 3. The zero-order valence-corrected chi connectivity index (χ0v) is 16.9. The maximum atomic E-state index is 12.7. The molecule has 12 heteroatoms. The fourth-order valence-corrected chi connectivity index (χ4v) is 2.77. The van der Waals surface area contributed by atoms with E-state index >= 15 is 0 Å². The Balaban J connectivity index is 3.11. The monoisotopic (exact) mass is 412 g/mol. The average molecular weight is 412 g/mol. The standard InChI is InChI=1S/C17H25N5O7/c1-10(2)15(17(25)19-22(4,5)9-11(3)23)18-16(24)12-6-13(20(26)27)8-14(7-12)21(28)29/h6-8,10-11,15,23H,9H2,1-5H3,(H-,18,19,24,25)/p+1/t11?,15-/m0/s1. The number of nitrogens with zero attached hydrogens (tertiary/aromatic N) is 3. The molecular weight excluding hydrogens is 386 g/mol. The van der Waals surface area contributed by atoms with Gasteiger partial charge in [0.25, 0.3) is 23.2 Å². The van der Waals surface area contributed by atoms with Crippen LogP contribution in [0.3, 0.4) is 0 Å². The molecular formula is C17H26N5O7+. The van der Waals surface area contributed by atoms with Crippen molar-refractivity contribution in [2.24, 2.45) is 5.92 Å². The molecule has 0 aliphatic carbocycles. The fraction of sp³-hybridized carbons (Fsp3) is 0.529. The van der Waals surface area contributed by atoms with Crippen molar-refractivity contribution in [3.05, 3.63) is 44.0 Å². The molecule has 0 saturated heterocycles. The van der Waals surface area contributed by atoms with Crippen LogP contribution in [0, 0.1) is 26.1 Å². The lowest BCUT2D eigenvalue weighted by molar-refractivity contribution is -0.927. The molecule has 0 spiro atoms. The highest BCUT2D eigenvalue weighted by atomic mass is 16.6. The van der Waals surface area contributed by atoms with Gasteiger partial charge in [0.15, 0.2) is 0 Å². The second kappa shape index (κ2) is 9.39. The molecule has 29 heavy (non-hydrogen) atoms. The van der Waals surface area contributed by atoms with Crippen molar-refractivity contribution < 1.29 is 29.1 Å². The van der Waals surface area contributed by atoms with E-state index in [0.29, 0.717) is 0 Å². The van der Waals surface area contributed by atoms with E-state index in [-0.39, 0.29) is 22.6 Å². The molecule has 0 aliphatic heterocycles. The number of nitro groups is 2. The number of carbonyl (C=O) groups is 2. The average Bonchev–Trinajstić information content (AvgIpc) is 2.56. The Morgan fingerprint density at radius 2 is 1.55 bits per heavy atom. The highest BCUT2D eigenvalue weighted by molar-refractivity contribution is 5.98. The molecule has 0 fully saturated rings. The number of quaternary nitrogens is 1. The summed E-state index contributed by atoms with van der Waals surface area (Å²) in [5.41, 5.74) is 1.18. The van der Waals surface area contributed by atoms with E-state index in [1.165, 1.54) is 0 Å². The van der Waals surface area contributed by atoms with Crippen molar-refractivity contribution in [2.45, 2.75) is 32.9 Å². The molecule has 0 bridgehead atoms. The van der Waals surface area contributed by atoms with Gasteiger partial charge in [-0.25, -0.2) is 10.0 Å². The van der Waals surface area contributed by atoms with Gasteiger partial charge in [0, 0.05) is 12.1 Å². The SMILES string of the molecule is CC(O)C[N+](C)(C)NC(=O)[C@@H](NC(=O)c1cc([N+](=O)[O-])cc([N+](=O)[O-])c1)C(C)C. The van der Waals surface area contributed by atoms with E-state index in [1.807, 2.05) is 0 Å². The van der Waals surface area contributed by atoms with Crippen molar-refractivity contribution in [1.82, 2.24) is 10.7 Å². The normalized spacial score (nSPS) is 13.5. The van der Waals surface area contributed by atoms with E-state index in [2.05, 4.69) is 10.7 Å². The molecule has 3 N–H and O–H groups in total. The van der Waals surface area contributed by atoms with Crippen LogP contribution < -0.4 is 10.7 Å². The number of amides is 2. The molecule has 0 radical (unpaired) electrons. The maximum Gasteiger partial charge on any atom is 0.287 e. The summed E-state index contributed by atoms with van der Waals surface area (Å²) in [6.45, 7) is 5.18. The van der Waals surface area contributed by atoms with Gasteiger partial charge in [-0.1, -0.05) is 13.8 Å². The lowest BCUT2D eigenvalue weighted by Gasteiger charge is -2.32. The summed E-state index contributed by atoms with van der Waals surface area (Å²) in [7, 11) is 3.32. The lowest BCUT2D eigenvalue weighted by Crippen LogP contribution is -2.62. The van der Waals surface area contributed by atoms with E-state index in [4.69, 9.17) is 0 Å². The van der Waals surface area contributed by atoms with Crippen LogP contribution in [-0.4, -0.2) is 64.1 Å². The van der Waals surface area contributed by atoms with Gasteiger partial charge in [0.05, 0.1) is 35.6 Å². The van der Waals surface area contributed by atoms with Crippen LogP contribution in [0.5, 0.6) is 0 Å². The topological polar surface area (TPSA) is 165 Å². The number of nitrogens with one attached hydrogen (secondary N) is 2. The van der Waals surface area contributed by atoms with E-state index < -0.39 is 45.2 Å².